The number of halogens is 1. The summed E-state index contributed by atoms with van der Waals surface area (Å²) in [6.45, 7) is 1.98. The molecule has 1 aliphatic heterocycles. The molecular formula is C13H15ClN6O. The van der Waals surface area contributed by atoms with Crippen molar-refractivity contribution in [2.75, 3.05) is 19.6 Å². The smallest absolute Gasteiger partial charge is 0.256 e. The van der Waals surface area contributed by atoms with E-state index in [0.717, 1.165) is 6.42 Å². The molecule has 1 atom stereocenters. The zero-order valence-corrected chi connectivity index (χ0v) is 12.1. The first-order chi connectivity index (χ1) is 10.2. The van der Waals surface area contributed by atoms with Crippen molar-refractivity contribution < 1.29 is 4.79 Å². The molecule has 2 heterocycles. The fourth-order valence-electron chi connectivity index (χ4n) is 2.53. The number of benzene rings is 1. The van der Waals surface area contributed by atoms with Crippen LogP contribution in [0.15, 0.2) is 24.5 Å². The first-order valence-corrected chi connectivity index (χ1v) is 7.09. The van der Waals surface area contributed by atoms with Crippen molar-refractivity contribution in [1.82, 2.24) is 25.1 Å². The minimum atomic E-state index is -0.0704. The van der Waals surface area contributed by atoms with Gasteiger partial charge in [0.05, 0.1) is 11.3 Å². The molecule has 0 radical (unpaired) electrons. The number of aromatic nitrogens is 4. The number of rotatable bonds is 3. The van der Waals surface area contributed by atoms with Crippen LogP contribution in [-0.4, -0.2) is 50.6 Å². The monoisotopic (exact) mass is 306 g/mol. The van der Waals surface area contributed by atoms with E-state index >= 15 is 0 Å². The van der Waals surface area contributed by atoms with E-state index in [1.54, 1.807) is 23.1 Å². The van der Waals surface area contributed by atoms with Crippen LogP contribution in [-0.2, 0) is 0 Å². The Hall–Kier alpha value is -1.99. The van der Waals surface area contributed by atoms with Gasteiger partial charge in [-0.15, -0.1) is 5.10 Å². The van der Waals surface area contributed by atoms with Crippen LogP contribution in [0.5, 0.6) is 0 Å². The van der Waals surface area contributed by atoms with Gasteiger partial charge in [0.2, 0.25) is 0 Å². The van der Waals surface area contributed by atoms with Crippen LogP contribution in [0.2, 0.25) is 5.02 Å². The van der Waals surface area contributed by atoms with Crippen LogP contribution in [0.4, 0.5) is 0 Å². The summed E-state index contributed by atoms with van der Waals surface area (Å²) in [5, 5.41) is 11.5. The van der Waals surface area contributed by atoms with Crippen LogP contribution < -0.4 is 5.73 Å². The number of carbonyl (C=O) groups is 1. The minimum absolute atomic E-state index is 0.0704. The molecule has 8 heteroatoms. The molecule has 1 aliphatic rings. The van der Waals surface area contributed by atoms with E-state index in [2.05, 4.69) is 15.5 Å². The normalized spacial score (nSPS) is 18.2. The van der Waals surface area contributed by atoms with Gasteiger partial charge in [-0.05, 0) is 47.5 Å². The Balaban J connectivity index is 1.94. The van der Waals surface area contributed by atoms with E-state index in [1.807, 2.05) is 0 Å². The molecule has 2 aromatic rings. The predicted octanol–water partition coefficient (Wildman–Crippen LogP) is 0.736. The fourth-order valence-corrected chi connectivity index (χ4v) is 2.70. The lowest BCUT2D eigenvalue weighted by atomic mass is 10.1. The van der Waals surface area contributed by atoms with Gasteiger partial charge in [-0.25, -0.2) is 0 Å². The summed E-state index contributed by atoms with van der Waals surface area (Å²) >= 11 is 6.03. The van der Waals surface area contributed by atoms with Crippen molar-refractivity contribution in [1.29, 1.82) is 0 Å². The van der Waals surface area contributed by atoms with Gasteiger partial charge in [-0.3, -0.25) is 4.79 Å². The second-order valence-electron chi connectivity index (χ2n) is 5.06. The lowest BCUT2D eigenvalue weighted by Gasteiger charge is -2.18. The Kier molecular flexibility index (Phi) is 3.85. The SMILES string of the molecule is NCC1CCN(C(=O)c2cc(Cl)ccc2-n2cnnn2)C1. The Labute approximate surface area is 126 Å². The summed E-state index contributed by atoms with van der Waals surface area (Å²) in [4.78, 5) is 14.5. The van der Waals surface area contributed by atoms with Gasteiger partial charge in [-0.1, -0.05) is 11.6 Å². The molecule has 1 unspecified atom stereocenters. The second kappa shape index (κ2) is 5.79. The highest BCUT2D eigenvalue weighted by Crippen LogP contribution is 2.23. The fraction of sp³-hybridized carbons (Fsp3) is 0.385. The highest BCUT2D eigenvalue weighted by atomic mass is 35.5. The van der Waals surface area contributed by atoms with Gasteiger partial charge >= 0.3 is 0 Å². The van der Waals surface area contributed by atoms with Crippen LogP contribution >= 0.6 is 11.6 Å². The molecule has 2 N–H and O–H groups in total. The van der Waals surface area contributed by atoms with Crippen LogP contribution in [0.3, 0.4) is 0 Å². The van der Waals surface area contributed by atoms with Gasteiger partial charge in [0, 0.05) is 18.1 Å². The van der Waals surface area contributed by atoms with E-state index in [-0.39, 0.29) is 5.91 Å². The highest BCUT2D eigenvalue weighted by molar-refractivity contribution is 6.31. The van der Waals surface area contributed by atoms with Crippen LogP contribution in [0.1, 0.15) is 16.8 Å². The van der Waals surface area contributed by atoms with E-state index in [9.17, 15) is 4.79 Å². The number of nitrogens with two attached hydrogens (primary N) is 1. The Morgan fingerprint density at radius 2 is 2.33 bits per heavy atom. The summed E-state index contributed by atoms with van der Waals surface area (Å²) in [6.07, 6.45) is 2.38. The second-order valence-corrected chi connectivity index (χ2v) is 5.49. The van der Waals surface area contributed by atoms with Gasteiger partial charge in [0.15, 0.2) is 0 Å². The molecule has 3 rings (SSSR count). The van der Waals surface area contributed by atoms with Crippen molar-refractivity contribution in [2.24, 2.45) is 11.7 Å². The maximum Gasteiger partial charge on any atom is 0.256 e. The van der Waals surface area contributed by atoms with Gasteiger partial charge in [-0.2, -0.15) is 4.68 Å². The van der Waals surface area contributed by atoms with Crippen molar-refractivity contribution in [3.05, 3.63) is 35.1 Å². The first-order valence-electron chi connectivity index (χ1n) is 6.71. The van der Waals surface area contributed by atoms with Gasteiger partial charge in [0.25, 0.3) is 5.91 Å². The van der Waals surface area contributed by atoms with Gasteiger partial charge in [0.1, 0.15) is 6.33 Å². The topological polar surface area (TPSA) is 89.9 Å². The Bertz CT molecular complexity index is 644. The maximum atomic E-state index is 12.7. The summed E-state index contributed by atoms with van der Waals surface area (Å²) in [5.41, 5.74) is 6.79. The minimum Gasteiger partial charge on any atom is -0.338 e. The highest BCUT2D eigenvalue weighted by Gasteiger charge is 2.28. The molecule has 1 aromatic heterocycles. The van der Waals surface area contributed by atoms with E-state index in [0.29, 0.717) is 41.8 Å². The lowest BCUT2D eigenvalue weighted by Crippen LogP contribution is -2.30. The third kappa shape index (κ3) is 2.74. The van der Waals surface area contributed by atoms with E-state index < -0.39 is 0 Å². The van der Waals surface area contributed by atoms with E-state index in [4.69, 9.17) is 17.3 Å². The number of likely N-dealkylation sites (tertiary alicyclic amines) is 1. The average Bonchev–Trinajstić information content (AvgIpc) is 3.17. The van der Waals surface area contributed by atoms with Crippen LogP contribution in [0, 0.1) is 5.92 Å². The summed E-state index contributed by atoms with van der Waals surface area (Å²) < 4.78 is 1.46. The number of nitrogens with zero attached hydrogens (tertiary/aromatic N) is 5. The number of carbonyl (C=O) groups excluding carboxylic acids is 1. The lowest BCUT2D eigenvalue weighted by molar-refractivity contribution is 0.0787. The Morgan fingerprint density at radius 3 is 3.00 bits per heavy atom. The summed E-state index contributed by atoms with van der Waals surface area (Å²) in [6, 6.07) is 5.10. The molecule has 1 amide bonds. The molecule has 21 heavy (non-hydrogen) atoms. The van der Waals surface area contributed by atoms with Crippen molar-refractivity contribution in [3.8, 4) is 5.69 Å². The zero-order valence-electron chi connectivity index (χ0n) is 11.3. The molecule has 1 saturated heterocycles. The maximum absolute atomic E-state index is 12.7. The van der Waals surface area contributed by atoms with Crippen molar-refractivity contribution in [2.45, 2.75) is 6.42 Å². The largest absolute Gasteiger partial charge is 0.338 e. The summed E-state index contributed by atoms with van der Waals surface area (Å²) in [5.74, 6) is 0.295. The van der Waals surface area contributed by atoms with Crippen molar-refractivity contribution in [3.63, 3.8) is 0 Å². The van der Waals surface area contributed by atoms with Crippen molar-refractivity contribution >= 4 is 17.5 Å². The standard InChI is InChI=1S/C13H15ClN6O/c14-10-1-2-12(20-8-16-17-18-20)11(5-10)13(21)19-4-3-9(6-15)7-19/h1-2,5,8-9H,3-4,6-7,15H2. The molecular weight excluding hydrogens is 292 g/mol. The number of hydrogen-bond donors (Lipinski definition) is 1. The summed E-state index contributed by atoms with van der Waals surface area (Å²) in [7, 11) is 0. The molecule has 7 nitrogen and oxygen atoms in total. The van der Waals surface area contributed by atoms with E-state index in [1.165, 1.54) is 11.0 Å². The number of hydrogen-bond acceptors (Lipinski definition) is 5. The number of tetrazole rings is 1. The molecule has 110 valence electrons. The molecule has 1 fully saturated rings. The van der Waals surface area contributed by atoms with Gasteiger partial charge < -0.3 is 10.6 Å². The molecule has 0 bridgehead atoms. The Morgan fingerprint density at radius 1 is 1.48 bits per heavy atom. The molecule has 0 saturated carbocycles. The predicted molar refractivity (Wildman–Crippen MR) is 77.2 cm³/mol. The van der Waals surface area contributed by atoms with Crippen LogP contribution in [0.25, 0.3) is 5.69 Å². The third-order valence-electron chi connectivity index (χ3n) is 3.69. The quantitative estimate of drug-likeness (QED) is 0.903. The molecule has 0 aliphatic carbocycles. The zero-order chi connectivity index (χ0) is 14.8. The average molecular weight is 307 g/mol. The first kappa shape index (κ1) is 14.0. The molecule has 0 spiro atoms. The number of amides is 1. The molecule has 1 aromatic carbocycles. The third-order valence-corrected chi connectivity index (χ3v) is 3.93.